The van der Waals surface area contributed by atoms with Crippen molar-refractivity contribution in [1.29, 1.82) is 0 Å². The number of aromatic amines is 4. The number of hydrogen-bond acceptors (Lipinski definition) is 0. The van der Waals surface area contributed by atoms with Gasteiger partial charge in [0.2, 0.25) is 0 Å². The number of nitrogens with one attached hydrogen (secondary N) is 4. The van der Waals surface area contributed by atoms with Crippen LogP contribution in [0.3, 0.4) is 0 Å². The second-order valence-corrected chi connectivity index (χ2v) is 12.7. The maximum Gasteiger partial charge on any atom is 0.138 e. The molecule has 0 fully saturated rings. The van der Waals surface area contributed by atoms with E-state index in [0.717, 1.165) is 88.6 Å². The average Bonchev–Trinajstić information content (AvgIpc) is 3.99. The van der Waals surface area contributed by atoms with Gasteiger partial charge in [-0.15, -0.1) is 0 Å². The molecule has 5 aromatic heterocycles. The van der Waals surface area contributed by atoms with Crippen LogP contribution < -0.4 is 0 Å². The van der Waals surface area contributed by atoms with E-state index in [0.29, 0.717) is 0 Å². The highest BCUT2D eigenvalue weighted by atomic mass is 19.1. The molecule has 250 valence electrons. The fraction of sp³-hybridized carbons (Fsp3) is 0. The van der Waals surface area contributed by atoms with Crippen LogP contribution in [0.25, 0.3) is 88.6 Å². The van der Waals surface area contributed by atoms with Crippen molar-refractivity contribution in [3.8, 4) is 44.5 Å². The third-order valence-electron chi connectivity index (χ3n) is 9.43. The van der Waals surface area contributed by atoms with Gasteiger partial charge < -0.3 is 19.9 Å². The van der Waals surface area contributed by atoms with Crippen molar-refractivity contribution in [2.24, 2.45) is 0 Å². The van der Waals surface area contributed by atoms with Crippen molar-refractivity contribution < 1.29 is 17.6 Å². The minimum absolute atomic E-state index is 0.349. The van der Waals surface area contributed by atoms with Gasteiger partial charge in [-0.05, 0) is 59.7 Å². The zero-order valence-corrected chi connectivity index (χ0v) is 27.4. The van der Waals surface area contributed by atoms with Gasteiger partial charge >= 0.3 is 0 Å². The molecule has 4 nitrogen and oxygen atoms in total. The zero-order valence-electron chi connectivity index (χ0n) is 27.4. The van der Waals surface area contributed by atoms with Crippen molar-refractivity contribution >= 4 is 44.1 Å². The Morgan fingerprint density at radius 3 is 0.962 bits per heavy atom. The number of H-pyrrole nitrogens is 4. The van der Waals surface area contributed by atoms with E-state index in [2.05, 4.69) is 19.9 Å². The lowest BCUT2D eigenvalue weighted by molar-refractivity contribution is 0.627. The third-order valence-corrected chi connectivity index (χ3v) is 9.43. The maximum atomic E-state index is 14.2. The van der Waals surface area contributed by atoms with Gasteiger partial charge in [0.1, 0.15) is 56.5 Å². The third kappa shape index (κ3) is 5.60. The van der Waals surface area contributed by atoms with Crippen LogP contribution in [0.4, 0.5) is 17.6 Å². The van der Waals surface area contributed by atoms with E-state index in [4.69, 9.17) is 0 Å². The Balaban J connectivity index is 1.48. The molecule has 0 saturated heterocycles. The molecule has 0 saturated carbocycles. The molecule has 8 heteroatoms. The predicted molar refractivity (Wildman–Crippen MR) is 202 cm³/mol. The van der Waals surface area contributed by atoms with Crippen LogP contribution >= 0.6 is 0 Å². The Morgan fingerprint density at radius 1 is 0.288 bits per heavy atom. The molecule has 8 bridgehead atoms. The van der Waals surface area contributed by atoms with E-state index in [-0.39, 0.29) is 23.3 Å². The summed E-state index contributed by atoms with van der Waals surface area (Å²) in [6.45, 7) is 0. The smallest absolute Gasteiger partial charge is 0.138 e. The summed E-state index contributed by atoms with van der Waals surface area (Å²) < 4.78 is 56.8. The van der Waals surface area contributed by atoms with E-state index < -0.39 is 0 Å². The Morgan fingerprint density at radius 2 is 0.577 bits per heavy atom. The van der Waals surface area contributed by atoms with Gasteiger partial charge in [0.25, 0.3) is 0 Å². The maximum absolute atomic E-state index is 14.2. The molecule has 9 rings (SSSR count). The van der Waals surface area contributed by atoms with Crippen molar-refractivity contribution in [3.63, 3.8) is 0 Å². The summed E-state index contributed by atoms with van der Waals surface area (Å²) in [6, 6.07) is 41.1. The zero-order chi connectivity index (χ0) is 35.3. The normalized spacial score (nSPS) is 11.5. The molecular formula is C44H28F4N4+2. The summed E-state index contributed by atoms with van der Waals surface area (Å²) in [6.07, 6.45) is 0. The number of benzene rings is 4. The van der Waals surface area contributed by atoms with E-state index in [1.54, 1.807) is 48.5 Å². The van der Waals surface area contributed by atoms with Gasteiger partial charge in [-0.1, -0.05) is 24.3 Å². The minimum Gasteiger partial charge on any atom is -0.354 e. The average molecular weight is 689 g/mol. The van der Waals surface area contributed by atoms with Crippen molar-refractivity contribution in [3.05, 3.63) is 169 Å². The Bertz CT molecular complexity index is 2370. The van der Waals surface area contributed by atoms with Crippen LogP contribution in [-0.4, -0.2) is 19.9 Å². The number of rotatable bonds is 4. The molecule has 4 aromatic carbocycles. The van der Waals surface area contributed by atoms with Gasteiger partial charge in [0, 0.05) is 82.8 Å². The predicted octanol–water partition coefficient (Wildman–Crippen LogP) is 12.5. The molecule has 0 spiro atoms. The van der Waals surface area contributed by atoms with E-state index in [1.165, 1.54) is 48.5 Å². The summed E-state index contributed by atoms with van der Waals surface area (Å²) in [5, 5.41) is 0. The van der Waals surface area contributed by atoms with Gasteiger partial charge in [0.15, 0.2) is 0 Å². The van der Waals surface area contributed by atoms with Crippen LogP contribution in [-0.2, 0) is 0 Å². The van der Waals surface area contributed by atoms with Crippen LogP contribution in [0.5, 0.6) is 0 Å². The van der Waals surface area contributed by atoms with E-state index in [9.17, 15) is 17.6 Å². The highest BCUT2D eigenvalue weighted by Gasteiger charge is 2.19. The van der Waals surface area contributed by atoms with E-state index >= 15 is 0 Å². The fourth-order valence-corrected chi connectivity index (χ4v) is 7.04. The van der Waals surface area contributed by atoms with Gasteiger partial charge in [-0.25, -0.2) is 17.6 Å². The van der Waals surface area contributed by atoms with Crippen molar-refractivity contribution in [2.45, 2.75) is 0 Å². The summed E-state index contributed by atoms with van der Waals surface area (Å²) in [5.41, 5.74) is 12.4. The molecule has 5 heterocycles. The fourth-order valence-electron chi connectivity index (χ4n) is 7.04. The monoisotopic (exact) mass is 688 g/mol. The van der Waals surface area contributed by atoms with Crippen LogP contribution in [0.1, 0.15) is 0 Å². The summed E-state index contributed by atoms with van der Waals surface area (Å²) in [4.78, 5) is 14.5. The number of fused-ring (bicyclic) bond motifs is 8. The highest BCUT2D eigenvalue weighted by molar-refractivity contribution is 6.02. The lowest BCUT2D eigenvalue weighted by Gasteiger charge is -2.04. The highest BCUT2D eigenvalue weighted by Crippen LogP contribution is 2.37. The van der Waals surface area contributed by atoms with Crippen LogP contribution in [0.15, 0.2) is 146 Å². The lowest BCUT2D eigenvalue weighted by Crippen LogP contribution is -1.86. The molecule has 0 amide bonds. The van der Waals surface area contributed by atoms with Crippen molar-refractivity contribution in [1.82, 2.24) is 19.9 Å². The standard InChI is InChI=1S/C44H28F4N4/c45-29-9-1-25(2-10-29)41-33-17-19-35(49-33)42(26-3-11-30(46)12-4-26)37-21-23-39(51-37)44(28-7-15-32(48)16-8-28)40-24-22-38(52-40)43(36-20-18-34(41)50-36)27-5-13-31(47)14-6-27/h1-24,49-52H/q+2. The molecule has 4 N–H and O–H groups in total. The first-order valence-corrected chi connectivity index (χ1v) is 16.7. The largest absolute Gasteiger partial charge is 0.354 e. The van der Waals surface area contributed by atoms with Crippen LogP contribution in [0, 0.1) is 23.3 Å². The first kappa shape index (κ1) is 31.2. The summed E-state index contributed by atoms with van der Waals surface area (Å²) in [5.74, 6) is -1.40. The molecule has 0 unspecified atom stereocenters. The van der Waals surface area contributed by atoms with Gasteiger partial charge in [-0.3, -0.25) is 0 Å². The number of hydrogen-bond donors (Lipinski definition) is 4. The molecule has 0 aliphatic heterocycles. The topological polar surface area (TPSA) is 63.2 Å². The van der Waals surface area contributed by atoms with Crippen LogP contribution in [0.2, 0.25) is 0 Å². The Kier molecular flexibility index (Phi) is 7.51. The molecule has 0 atom stereocenters. The lowest BCUT2D eigenvalue weighted by atomic mass is 10.1. The summed E-state index contributed by atoms with van der Waals surface area (Å²) in [7, 11) is 0. The SMILES string of the molecule is Fc1ccc(-c2c3ccc([nH]3)c(-c3ccc(F)cc3)c3ccc([nH]3)[c+](-c3ccc(F)cc3)c3ccc([nH]3)[c+](-c3ccc(F)cc3)c3ccc2[nH]3)cc1. The van der Waals surface area contributed by atoms with Crippen molar-refractivity contribution in [2.75, 3.05) is 0 Å². The molecule has 9 aromatic rings. The second-order valence-electron chi connectivity index (χ2n) is 12.7. The summed E-state index contributed by atoms with van der Waals surface area (Å²) >= 11 is 0. The van der Waals surface area contributed by atoms with E-state index in [1.807, 2.05) is 48.5 Å². The first-order chi connectivity index (χ1) is 25.4. The second kappa shape index (κ2) is 12.5. The molecule has 0 aliphatic carbocycles. The number of aromatic nitrogens is 4. The first-order valence-electron chi connectivity index (χ1n) is 16.7. The Labute approximate surface area is 294 Å². The number of halogens is 4. The Hall–Kier alpha value is -6.80. The van der Waals surface area contributed by atoms with Gasteiger partial charge in [-0.2, -0.15) is 0 Å². The molecule has 0 aliphatic rings. The molecule has 52 heavy (non-hydrogen) atoms. The minimum atomic E-state index is -0.349. The molecule has 0 radical (unpaired) electrons. The van der Waals surface area contributed by atoms with Gasteiger partial charge in [0.05, 0.1) is 34.3 Å². The molecular weight excluding hydrogens is 661 g/mol. The quantitative estimate of drug-likeness (QED) is 0.105.